The van der Waals surface area contributed by atoms with Crippen molar-refractivity contribution in [1.82, 2.24) is 4.98 Å². The molecule has 0 saturated heterocycles. The number of aryl methyl sites for hydroxylation is 2. The second kappa shape index (κ2) is 6.48. The lowest BCUT2D eigenvalue weighted by molar-refractivity contribution is -0.109. The summed E-state index contributed by atoms with van der Waals surface area (Å²) in [7, 11) is 0. The monoisotopic (exact) mass is 235 g/mol. The molecule has 0 spiro atoms. The summed E-state index contributed by atoms with van der Waals surface area (Å²) in [6.45, 7) is 5.70. The van der Waals surface area contributed by atoms with Gasteiger partial charge in [0.1, 0.15) is 0 Å². The Morgan fingerprint density at radius 1 is 1.50 bits per heavy atom. The predicted octanol–water partition coefficient (Wildman–Crippen LogP) is 3.38. The van der Waals surface area contributed by atoms with Gasteiger partial charge in [0.15, 0.2) is 5.12 Å². The van der Waals surface area contributed by atoms with E-state index in [0.29, 0.717) is 0 Å². The standard InChI is InChI=1S/C13H17NOS/c1-10-8-11(2)13(14-9-10)6-4-5-7-16-12(3)15/h4,6,8-9H,5,7H2,1-3H3. The highest BCUT2D eigenvalue weighted by Gasteiger charge is 1.95. The molecule has 1 aromatic rings. The molecular formula is C13H17NOS. The Bertz CT molecular complexity index is 399. The fraction of sp³-hybridized carbons (Fsp3) is 0.385. The van der Waals surface area contributed by atoms with Crippen LogP contribution in [0.3, 0.4) is 0 Å². The number of carbonyl (C=O) groups excluding carboxylic acids is 1. The number of pyridine rings is 1. The second-order valence-corrected chi connectivity index (χ2v) is 5.02. The van der Waals surface area contributed by atoms with Crippen LogP contribution in [0.2, 0.25) is 0 Å². The summed E-state index contributed by atoms with van der Waals surface area (Å²) in [4.78, 5) is 15.0. The molecule has 0 amide bonds. The van der Waals surface area contributed by atoms with Crippen molar-refractivity contribution in [2.45, 2.75) is 27.2 Å². The molecule has 0 aliphatic rings. The van der Waals surface area contributed by atoms with Gasteiger partial charge in [-0.3, -0.25) is 9.78 Å². The molecule has 0 radical (unpaired) electrons. The normalized spacial score (nSPS) is 10.9. The maximum atomic E-state index is 10.7. The van der Waals surface area contributed by atoms with Crippen LogP contribution in [0.25, 0.3) is 6.08 Å². The summed E-state index contributed by atoms with van der Waals surface area (Å²) in [5.41, 5.74) is 3.38. The summed E-state index contributed by atoms with van der Waals surface area (Å²) >= 11 is 1.36. The maximum Gasteiger partial charge on any atom is 0.185 e. The molecule has 0 aliphatic carbocycles. The summed E-state index contributed by atoms with van der Waals surface area (Å²) < 4.78 is 0. The summed E-state index contributed by atoms with van der Waals surface area (Å²) in [5, 5.41) is 0.179. The van der Waals surface area contributed by atoms with E-state index in [9.17, 15) is 4.79 Å². The van der Waals surface area contributed by atoms with Crippen LogP contribution in [0.5, 0.6) is 0 Å². The van der Waals surface area contributed by atoms with Crippen molar-refractivity contribution in [3.8, 4) is 0 Å². The van der Waals surface area contributed by atoms with Gasteiger partial charge in [-0.2, -0.15) is 0 Å². The molecule has 0 aromatic carbocycles. The molecule has 0 atom stereocenters. The topological polar surface area (TPSA) is 30.0 Å². The van der Waals surface area contributed by atoms with Crippen LogP contribution in [0.4, 0.5) is 0 Å². The van der Waals surface area contributed by atoms with E-state index in [0.717, 1.165) is 17.9 Å². The lowest BCUT2D eigenvalue weighted by Crippen LogP contribution is -1.88. The highest BCUT2D eigenvalue weighted by atomic mass is 32.2. The van der Waals surface area contributed by atoms with E-state index in [1.807, 2.05) is 19.2 Å². The molecule has 86 valence electrons. The van der Waals surface area contributed by atoms with E-state index in [1.165, 1.54) is 22.9 Å². The first kappa shape index (κ1) is 13.0. The molecule has 0 fully saturated rings. The first-order valence-corrected chi connectivity index (χ1v) is 6.31. The van der Waals surface area contributed by atoms with E-state index < -0.39 is 0 Å². The fourth-order valence-electron chi connectivity index (χ4n) is 1.37. The molecule has 16 heavy (non-hydrogen) atoms. The van der Waals surface area contributed by atoms with Crippen LogP contribution in [0.1, 0.15) is 30.2 Å². The molecule has 3 heteroatoms. The molecule has 0 bridgehead atoms. The van der Waals surface area contributed by atoms with Gasteiger partial charge in [-0.1, -0.05) is 23.9 Å². The van der Waals surface area contributed by atoms with Gasteiger partial charge >= 0.3 is 0 Å². The Morgan fingerprint density at radius 3 is 2.88 bits per heavy atom. The number of hydrogen-bond donors (Lipinski definition) is 0. The van der Waals surface area contributed by atoms with Crippen molar-refractivity contribution in [3.63, 3.8) is 0 Å². The number of thioether (sulfide) groups is 1. The van der Waals surface area contributed by atoms with E-state index in [1.54, 1.807) is 6.92 Å². The Labute approximate surface area is 101 Å². The fourth-order valence-corrected chi connectivity index (χ4v) is 1.91. The first-order valence-electron chi connectivity index (χ1n) is 5.33. The van der Waals surface area contributed by atoms with Crippen LogP contribution in [0.15, 0.2) is 18.3 Å². The van der Waals surface area contributed by atoms with Crippen LogP contribution >= 0.6 is 11.8 Å². The van der Waals surface area contributed by atoms with Gasteiger partial charge in [-0.25, -0.2) is 0 Å². The van der Waals surface area contributed by atoms with Gasteiger partial charge < -0.3 is 0 Å². The second-order valence-electron chi connectivity index (χ2n) is 3.75. The number of allylic oxidation sites excluding steroid dienone is 1. The predicted molar refractivity (Wildman–Crippen MR) is 70.5 cm³/mol. The van der Waals surface area contributed by atoms with E-state index >= 15 is 0 Å². The maximum absolute atomic E-state index is 10.7. The third-order valence-corrected chi connectivity index (χ3v) is 2.97. The van der Waals surface area contributed by atoms with Crippen LogP contribution < -0.4 is 0 Å². The highest BCUT2D eigenvalue weighted by Crippen LogP contribution is 2.10. The van der Waals surface area contributed by atoms with Crippen molar-refractivity contribution >= 4 is 23.0 Å². The smallest absolute Gasteiger partial charge is 0.185 e. The molecule has 1 rings (SSSR count). The average molecular weight is 235 g/mol. The Balaban J connectivity index is 2.47. The molecule has 1 heterocycles. The third kappa shape index (κ3) is 4.62. The lowest BCUT2D eigenvalue weighted by atomic mass is 10.1. The largest absolute Gasteiger partial charge is 0.288 e. The summed E-state index contributed by atoms with van der Waals surface area (Å²) in [6.07, 6.45) is 6.87. The van der Waals surface area contributed by atoms with Crippen LogP contribution in [-0.4, -0.2) is 15.9 Å². The minimum atomic E-state index is 0.179. The van der Waals surface area contributed by atoms with E-state index in [4.69, 9.17) is 0 Å². The van der Waals surface area contributed by atoms with Crippen molar-refractivity contribution in [1.29, 1.82) is 0 Å². The number of aromatic nitrogens is 1. The van der Waals surface area contributed by atoms with Crippen molar-refractivity contribution in [2.24, 2.45) is 0 Å². The van der Waals surface area contributed by atoms with Crippen LogP contribution in [0, 0.1) is 13.8 Å². The Morgan fingerprint density at radius 2 is 2.25 bits per heavy atom. The minimum Gasteiger partial charge on any atom is -0.288 e. The Hall–Kier alpha value is -1.09. The van der Waals surface area contributed by atoms with Gasteiger partial charge in [-0.05, 0) is 37.5 Å². The molecule has 1 aromatic heterocycles. The average Bonchev–Trinajstić information content (AvgIpc) is 2.20. The third-order valence-electron chi connectivity index (χ3n) is 2.12. The first-order chi connectivity index (χ1) is 7.59. The minimum absolute atomic E-state index is 0.179. The highest BCUT2D eigenvalue weighted by molar-refractivity contribution is 8.13. The SMILES string of the molecule is CC(=O)SCCC=Cc1ncc(C)cc1C. The molecule has 0 N–H and O–H groups in total. The quantitative estimate of drug-likeness (QED) is 0.749. The molecule has 2 nitrogen and oxygen atoms in total. The zero-order chi connectivity index (χ0) is 12.0. The van der Waals surface area contributed by atoms with E-state index in [2.05, 4.69) is 24.1 Å². The summed E-state index contributed by atoms with van der Waals surface area (Å²) in [6, 6.07) is 2.12. The number of carbonyl (C=O) groups is 1. The van der Waals surface area contributed by atoms with Crippen molar-refractivity contribution in [3.05, 3.63) is 35.2 Å². The zero-order valence-corrected chi connectivity index (χ0v) is 10.8. The van der Waals surface area contributed by atoms with Crippen molar-refractivity contribution < 1.29 is 4.79 Å². The lowest BCUT2D eigenvalue weighted by Gasteiger charge is -2.00. The van der Waals surface area contributed by atoms with Gasteiger partial charge in [-0.15, -0.1) is 0 Å². The van der Waals surface area contributed by atoms with Gasteiger partial charge in [0, 0.05) is 18.9 Å². The molecule has 0 aliphatic heterocycles. The number of rotatable bonds is 4. The zero-order valence-electron chi connectivity index (χ0n) is 9.99. The van der Waals surface area contributed by atoms with Gasteiger partial charge in [0.25, 0.3) is 0 Å². The van der Waals surface area contributed by atoms with Crippen molar-refractivity contribution in [2.75, 3.05) is 5.75 Å². The summed E-state index contributed by atoms with van der Waals surface area (Å²) in [5.74, 6) is 0.844. The molecule has 0 unspecified atom stereocenters. The van der Waals surface area contributed by atoms with Gasteiger partial charge in [0.05, 0.1) is 5.69 Å². The molecule has 0 saturated carbocycles. The van der Waals surface area contributed by atoms with Gasteiger partial charge in [0.2, 0.25) is 0 Å². The van der Waals surface area contributed by atoms with E-state index in [-0.39, 0.29) is 5.12 Å². The number of hydrogen-bond acceptors (Lipinski definition) is 3. The number of nitrogens with zero attached hydrogens (tertiary/aromatic N) is 1. The van der Waals surface area contributed by atoms with Crippen LogP contribution in [-0.2, 0) is 4.79 Å². The Kier molecular flexibility index (Phi) is 5.26. The molecular weight excluding hydrogens is 218 g/mol.